The van der Waals surface area contributed by atoms with Crippen LogP contribution in [0.15, 0.2) is 24.3 Å². The van der Waals surface area contributed by atoms with Crippen molar-refractivity contribution in [1.82, 2.24) is 5.32 Å². The van der Waals surface area contributed by atoms with Gasteiger partial charge >= 0.3 is 6.03 Å². The number of nitrogens with one attached hydrogen (secondary N) is 1. The summed E-state index contributed by atoms with van der Waals surface area (Å²) < 4.78 is 5.24. The molecule has 5 nitrogen and oxygen atoms in total. The van der Waals surface area contributed by atoms with Gasteiger partial charge in [0.05, 0.1) is 12.6 Å². The van der Waals surface area contributed by atoms with Gasteiger partial charge in [-0.15, -0.1) is 0 Å². The van der Waals surface area contributed by atoms with E-state index in [4.69, 9.17) is 10.5 Å². The zero-order chi connectivity index (χ0) is 13.0. The van der Waals surface area contributed by atoms with Crippen LogP contribution in [-0.4, -0.2) is 32.3 Å². The first-order valence-corrected chi connectivity index (χ1v) is 6.12. The third-order valence-corrected chi connectivity index (χ3v) is 3.13. The second-order valence-corrected chi connectivity index (χ2v) is 4.40. The summed E-state index contributed by atoms with van der Waals surface area (Å²) in [6, 6.07) is 7.64. The number of nitrogens with zero attached hydrogens (tertiary/aromatic N) is 1. The number of rotatable bonds is 3. The van der Waals surface area contributed by atoms with E-state index in [0.717, 1.165) is 17.7 Å². The molecule has 1 fully saturated rings. The number of hydrogen-bond acceptors (Lipinski definition) is 3. The minimum atomic E-state index is -0.119. The third-order valence-electron chi connectivity index (χ3n) is 3.13. The molecule has 2 rings (SSSR count). The van der Waals surface area contributed by atoms with Gasteiger partial charge in [-0.2, -0.15) is 0 Å². The van der Waals surface area contributed by atoms with Crippen molar-refractivity contribution in [2.45, 2.75) is 19.0 Å². The van der Waals surface area contributed by atoms with Gasteiger partial charge in [0.2, 0.25) is 0 Å². The Bertz CT molecular complexity index is 416. The zero-order valence-corrected chi connectivity index (χ0v) is 10.6. The minimum absolute atomic E-state index is 0.116. The van der Waals surface area contributed by atoms with Crippen LogP contribution in [0.2, 0.25) is 0 Å². The molecule has 18 heavy (non-hydrogen) atoms. The number of ether oxygens (including phenoxy) is 1. The van der Waals surface area contributed by atoms with E-state index >= 15 is 0 Å². The van der Waals surface area contributed by atoms with Crippen molar-refractivity contribution in [2.24, 2.45) is 5.73 Å². The average molecular weight is 249 g/mol. The number of para-hydroxylation sites is 1. The van der Waals surface area contributed by atoms with Crippen molar-refractivity contribution in [3.8, 4) is 0 Å². The molecule has 0 bridgehead atoms. The van der Waals surface area contributed by atoms with E-state index in [9.17, 15) is 4.79 Å². The fraction of sp³-hybridized carbons (Fsp3) is 0.462. The molecule has 1 aliphatic heterocycles. The molecule has 0 spiro atoms. The lowest BCUT2D eigenvalue weighted by atomic mass is 10.1. The third kappa shape index (κ3) is 2.80. The summed E-state index contributed by atoms with van der Waals surface area (Å²) in [4.78, 5) is 13.7. The van der Waals surface area contributed by atoms with Crippen LogP contribution in [0.1, 0.15) is 12.0 Å². The number of carbonyl (C=O) groups is 1. The van der Waals surface area contributed by atoms with Crippen molar-refractivity contribution in [3.63, 3.8) is 0 Å². The number of nitrogens with two attached hydrogens (primary N) is 1. The maximum atomic E-state index is 12.1. The maximum absolute atomic E-state index is 12.1. The predicted molar refractivity (Wildman–Crippen MR) is 70.5 cm³/mol. The summed E-state index contributed by atoms with van der Waals surface area (Å²) in [5.41, 5.74) is 7.47. The van der Waals surface area contributed by atoms with Gasteiger partial charge in [-0.05, 0) is 18.1 Å². The van der Waals surface area contributed by atoms with Crippen LogP contribution >= 0.6 is 0 Å². The quantitative estimate of drug-likeness (QED) is 0.842. The van der Waals surface area contributed by atoms with Crippen molar-refractivity contribution in [1.29, 1.82) is 0 Å². The number of urea groups is 1. The molecule has 1 unspecified atom stereocenters. The fourth-order valence-corrected chi connectivity index (χ4v) is 2.04. The Morgan fingerprint density at radius 2 is 2.33 bits per heavy atom. The van der Waals surface area contributed by atoms with E-state index in [2.05, 4.69) is 5.32 Å². The van der Waals surface area contributed by atoms with Gasteiger partial charge in [-0.3, -0.25) is 4.90 Å². The summed E-state index contributed by atoms with van der Waals surface area (Å²) in [5.74, 6) is 0. The molecule has 1 aromatic carbocycles. The minimum Gasteiger partial charge on any atom is -0.379 e. The van der Waals surface area contributed by atoms with Crippen molar-refractivity contribution < 1.29 is 9.53 Å². The van der Waals surface area contributed by atoms with E-state index in [0.29, 0.717) is 19.8 Å². The normalized spacial score (nSPS) is 18.7. The highest BCUT2D eigenvalue weighted by molar-refractivity contribution is 5.92. The van der Waals surface area contributed by atoms with Crippen LogP contribution < -0.4 is 16.0 Å². The van der Waals surface area contributed by atoms with Crippen LogP contribution in [0.3, 0.4) is 0 Å². The molecule has 1 aromatic rings. The zero-order valence-electron chi connectivity index (χ0n) is 10.6. The first kappa shape index (κ1) is 12.9. The van der Waals surface area contributed by atoms with E-state index in [-0.39, 0.29) is 12.1 Å². The molecule has 5 heteroatoms. The molecule has 0 aromatic heterocycles. The molecule has 1 atom stereocenters. The van der Waals surface area contributed by atoms with Crippen molar-refractivity contribution >= 4 is 11.7 Å². The number of hydrogen-bond donors (Lipinski definition) is 2. The Morgan fingerprint density at radius 1 is 1.56 bits per heavy atom. The lowest BCUT2D eigenvalue weighted by molar-refractivity contribution is 0.189. The molecule has 0 aliphatic carbocycles. The highest BCUT2D eigenvalue weighted by Crippen LogP contribution is 2.18. The second-order valence-electron chi connectivity index (χ2n) is 4.40. The summed E-state index contributed by atoms with van der Waals surface area (Å²) in [5, 5.41) is 2.95. The highest BCUT2D eigenvalue weighted by Gasteiger charge is 2.21. The molecule has 1 aliphatic rings. The smallest absolute Gasteiger partial charge is 0.321 e. The van der Waals surface area contributed by atoms with Gasteiger partial charge in [-0.1, -0.05) is 18.2 Å². The fourth-order valence-electron chi connectivity index (χ4n) is 2.04. The van der Waals surface area contributed by atoms with Crippen LogP contribution in [0.25, 0.3) is 0 Å². The monoisotopic (exact) mass is 249 g/mol. The largest absolute Gasteiger partial charge is 0.379 e. The van der Waals surface area contributed by atoms with Crippen LogP contribution in [0.4, 0.5) is 10.5 Å². The summed E-state index contributed by atoms with van der Waals surface area (Å²) in [7, 11) is 1.75. The maximum Gasteiger partial charge on any atom is 0.321 e. The van der Waals surface area contributed by atoms with E-state index in [1.165, 1.54) is 0 Å². The Hall–Kier alpha value is -1.59. The Balaban J connectivity index is 2.05. The van der Waals surface area contributed by atoms with Crippen LogP contribution in [0, 0.1) is 0 Å². The Labute approximate surface area is 107 Å². The van der Waals surface area contributed by atoms with E-state index in [1.54, 1.807) is 11.9 Å². The lowest BCUT2D eigenvalue weighted by Crippen LogP contribution is -2.43. The molecular weight excluding hydrogens is 230 g/mol. The Kier molecular flexibility index (Phi) is 4.17. The molecule has 1 heterocycles. The van der Waals surface area contributed by atoms with Gasteiger partial charge in [-0.25, -0.2) is 4.79 Å². The molecule has 98 valence electrons. The number of amides is 2. The van der Waals surface area contributed by atoms with E-state index in [1.807, 2.05) is 24.3 Å². The lowest BCUT2D eigenvalue weighted by Gasteiger charge is -2.22. The van der Waals surface area contributed by atoms with Crippen molar-refractivity contribution in [2.75, 3.05) is 25.2 Å². The molecular formula is C13H19N3O2. The van der Waals surface area contributed by atoms with Gasteiger partial charge in [0.15, 0.2) is 0 Å². The molecule has 0 radical (unpaired) electrons. The summed E-state index contributed by atoms with van der Waals surface area (Å²) in [6.45, 7) is 1.73. The van der Waals surface area contributed by atoms with Gasteiger partial charge in [0.25, 0.3) is 0 Å². The topological polar surface area (TPSA) is 67.6 Å². The van der Waals surface area contributed by atoms with Gasteiger partial charge < -0.3 is 15.8 Å². The van der Waals surface area contributed by atoms with Gasteiger partial charge in [0.1, 0.15) is 0 Å². The first-order chi connectivity index (χ1) is 8.72. The Morgan fingerprint density at radius 3 is 3.00 bits per heavy atom. The summed E-state index contributed by atoms with van der Waals surface area (Å²) in [6.07, 6.45) is 0.873. The molecule has 0 saturated carbocycles. The number of benzene rings is 1. The summed E-state index contributed by atoms with van der Waals surface area (Å²) >= 11 is 0. The molecule has 3 N–H and O–H groups in total. The standard InChI is InChI=1S/C13H19N3O2/c1-16(12-5-3-2-4-10(12)8-14)13(17)15-11-6-7-18-9-11/h2-5,11H,6-9,14H2,1H3,(H,15,17). The average Bonchev–Trinajstić information content (AvgIpc) is 2.90. The van der Waals surface area contributed by atoms with Gasteiger partial charge in [0, 0.05) is 25.9 Å². The van der Waals surface area contributed by atoms with Crippen molar-refractivity contribution in [3.05, 3.63) is 29.8 Å². The molecule has 2 amide bonds. The predicted octanol–water partition coefficient (Wildman–Crippen LogP) is 1.08. The first-order valence-electron chi connectivity index (χ1n) is 6.12. The highest BCUT2D eigenvalue weighted by atomic mass is 16.5. The van der Waals surface area contributed by atoms with Crippen LogP contribution in [-0.2, 0) is 11.3 Å². The molecule has 1 saturated heterocycles. The number of carbonyl (C=O) groups excluding carboxylic acids is 1. The van der Waals surface area contributed by atoms with E-state index < -0.39 is 0 Å². The van der Waals surface area contributed by atoms with Crippen LogP contribution in [0.5, 0.6) is 0 Å². The SMILES string of the molecule is CN(C(=O)NC1CCOC1)c1ccccc1CN. The number of anilines is 1. The second kappa shape index (κ2) is 5.84.